The molecular weight excluding hydrogens is 568 g/mol. The molecule has 2 aromatic carbocycles. The number of methoxy groups -OCH3 is 1. The normalized spacial score (nSPS) is 16.7. The highest BCUT2D eigenvalue weighted by Gasteiger charge is 2.24. The van der Waals surface area contributed by atoms with Crippen LogP contribution in [0.2, 0.25) is 5.02 Å². The van der Waals surface area contributed by atoms with Gasteiger partial charge in [-0.05, 0) is 49.2 Å². The Bertz CT molecular complexity index is 1840. The van der Waals surface area contributed by atoms with Crippen molar-refractivity contribution in [2.75, 3.05) is 31.7 Å². The number of pyridine rings is 1. The van der Waals surface area contributed by atoms with Gasteiger partial charge in [0.15, 0.2) is 0 Å². The minimum absolute atomic E-state index is 0.166. The molecule has 0 N–H and O–H groups in total. The van der Waals surface area contributed by atoms with E-state index in [0.29, 0.717) is 29.6 Å². The first-order valence-electron chi connectivity index (χ1n) is 14.4. The number of anilines is 1. The molecule has 220 valence electrons. The fourth-order valence-electron chi connectivity index (χ4n) is 5.68. The number of halogens is 1. The molecule has 10 heteroatoms. The van der Waals surface area contributed by atoms with Crippen molar-refractivity contribution in [3.05, 3.63) is 94.5 Å². The standard InChI is InChI=1S/C33H31ClN4O5/c1-40-33(39)22-6-8-27-28(18-22)38(19-24-11-15-41-24)30(35-27)17-21-9-13-37(14-10-21)29-3-2-4-31(36-29)43-20-23-5-7-26(34)25-12-16-42-32(23)25/h2-9,12,16,18,24H,10-11,13-15,17,19-20H2,1H3/t24-/m0/s1. The minimum atomic E-state index is -0.353. The average Bonchev–Trinajstić information content (AvgIpc) is 3.64. The van der Waals surface area contributed by atoms with Crippen molar-refractivity contribution >= 4 is 45.4 Å². The van der Waals surface area contributed by atoms with E-state index in [1.807, 2.05) is 48.5 Å². The monoisotopic (exact) mass is 598 g/mol. The van der Waals surface area contributed by atoms with Crippen molar-refractivity contribution in [3.8, 4) is 5.88 Å². The first kappa shape index (κ1) is 27.5. The molecule has 0 amide bonds. The number of benzene rings is 2. The maximum Gasteiger partial charge on any atom is 0.337 e. The molecule has 9 nitrogen and oxygen atoms in total. The Labute approximate surface area is 253 Å². The van der Waals surface area contributed by atoms with Crippen LogP contribution in [0, 0.1) is 0 Å². The van der Waals surface area contributed by atoms with Crippen LogP contribution in [0.4, 0.5) is 5.82 Å². The maximum atomic E-state index is 12.2. The molecule has 1 atom stereocenters. The number of hydrogen-bond donors (Lipinski definition) is 0. The first-order valence-corrected chi connectivity index (χ1v) is 14.8. The third-order valence-electron chi connectivity index (χ3n) is 8.17. The Balaban J connectivity index is 1.05. The van der Waals surface area contributed by atoms with Crippen LogP contribution in [0.5, 0.6) is 5.88 Å². The topological polar surface area (TPSA) is 91.9 Å². The molecule has 5 heterocycles. The maximum absolute atomic E-state index is 12.2. The largest absolute Gasteiger partial charge is 0.473 e. The van der Waals surface area contributed by atoms with Gasteiger partial charge in [0, 0.05) is 43.1 Å². The number of ether oxygens (including phenoxy) is 3. The van der Waals surface area contributed by atoms with Gasteiger partial charge >= 0.3 is 5.97 Å². The number of carbonyl (C=O) groups excluding carboxylic acids is 1. The molecule has 43 heavy (non-hydrogen) atoms. The van der Waals surface area contributed by atoms with Crippen molar-refractivity contribution in [1.29, 1.82) is 0 Å². The van der Waals surface area contributed by atoms with Crippen LogP contribution in [0.3, 0.4) is 0 Å². The van der Waals surface area contributed by atoms with Crippen LogP contribution in [-0.4, -0.2) is 53.4 Å². The summed E-state index contributed by atoms with van der Waals surface area (Å²) in [7, 11) is 1.40. The summed E-state index contributed by atoms with van der Waals surface area (Å²) in [4.78, 5) is 24.2. The molecule has 7 rings (SSSR count). The van der Waals surface area contributed by atoms with Gasteiger partial charge in [-0.25, -0.2) is 9.78 Å². The number of imidazole rings is 1. The highest BCUT2D eigenvalue weighted by Crippen LogP contribution is 2.29. The second kappa shape index (κ2) is 11.7. The van der Waals surface area contributed by atoms with Crippen molar-refractivity contribution in [1.82, 2.24) is 14.5 Å². The van der Waals surface area contributed by atoms with E-state index in [9.17, 15) is 4.79 Å². The third-order valence-corrected chi connectivity index (χ3v) is 8.50. The molecule has 0 unspecified atom stereocenters. The molecule has 3 aromatic heterocycles. The lowest BCUT2D eigenvalue weighted by atomic mass is 10.0. The highest BCUT2D eigenvalue weighted by atomic mass is 35.5. The van der Waals surface area contributed by atoms with Gasteiger partial charge in [0.2, 0.25) is 5.88 Å². The summed E-state index contributed by atoms with van der Waals surface area (Å²) < 4.78 is 24.6. The van der Waals surface area contributed by atoms with Crippen molar-refractivity contribution in [2.45, 2.75) is 38.5 Å². The van der Waals surface area contributed by atoms with Crippen LogP contribution in [0.1, 0.15) is 34.6 Å². The van der Waals surface area contributed by atoms with E-state index < -0.39 is 0 Å². The highest BCUT2D eigenvalue weighted by molar-refractivity contribution is 6.35. The van der Waals surface area contributed by atoms with Crippen molar-refractivity contribution < 1.29 is 23.4 Å². The van der Waals surface area contributed by atoms with Crippen molar-refractivity contribution in [3.63, 3.8) is 0 Å². The number of esters is 1. The summed E-state index contributed by atoms with van der Waals surface area (Å²) >= 11 is 6.28. The van der Waals surface area contributed by atoms with E-state index >= 15 is 0 Å². The molecule has 0 bridgehead atoms. The van der Waals surface area contributed by atoms with Gasteiger partial charge in [0.05, 0.1) is 47.6 Å². The summed E-state index contributed by atoms with van der Waals surface area (Å²) in [5.74, 6) is 2.06. The van der Waals surface area contributed by atoms with Gasteiger partial charge in [0.1, 0.15) is 23.8 Å². The third kappa shape index (κ3) is 5.58. The van der Waals surface area contributed by atoms with Crippen LogP contribution in [0.15, 0.2) is 76.9 Å². The van der Waals surface area contributed by atoms with E-state index in [0.717, 1.165) is 78.2 Å². The molecular formula is C33H31ClN4O5. The number of nitrogens with zero attached hydrogens (tertiary/aromatic N) is 4. The second-order valence-corrected chi connectivity index (χ2v) is 11.3. The number of furan rings is 1. The van der Waals surface area contributed by atoms with Gasteiger partial charge < -0.3 is 28.1 Å². The SMILES string of the molecule is COC(=O)c1ccc2nc(CC3=CCN(c4cccc(OCc5ccc(Cl)c6ccoc56)n4)CC3)n(C[C@@H]3CCO3)c2c1. The van der Waals surface area contributed by atoms with Gasteiger partial charge in [-0.15, -0.1) is 0 Å². The average molecular weight is 599 g/mol. The lowest BCUT2D eigenvalue weighted by molar-refractivity contribution is -0.0589. The van der Waals surface area contributed by atoms with E-state index in [1.165, 1.54) is 12.7 Å². The summed E-state index contributed by atoms with van der Waals surface area (Å²) in [6.07, 6.45) is 6.72. The van der Waals surface area contributed by atoms with Gasteiger partial charge in [0.25, 0.3) is 0 Å². The Kier molecular flexibility index (Phi) is 7.51. The Morgan fingerprint density at radius 2 is 2.05 bits per heavy atom. The molecule has 5 aromatic rings. The van der Waals surface area contributed by atoms with Crippen LogP contribution in [-0.2, 0) is 29.0 Å². The second-order valence-electron chi connectivity index (χ2n) is 10.8. The zero-order valence-electron chi connectivity index (χ0n) is 23.8. The molecule has 0 aliphatic carbocycles. The van der Waals surface area contributed by atoms with Crippen LogP contribution < -0.4 is 9.64 Å². The molecule has 2 aliphatic rings. The summed E-state index contributed by atoms with van der Waals surface area (Å²) in [6.45, 7) is 3.42. The number of hydrogen-bond acceptors (Lipinski definition) is 8. The fraction of sp³-hybridized carbons (Fsp3) is 0.303. The lowest BCUT2D eigenvalue weighted by Crippen LogP contribution is -2.32. The summed E-state index contributed by atoms with van der Waals surface area (Å²) in [5, 5.41) is 1.53. The molecule has 1 fully saturated rings. The summed E-state index contributed by atoms with van der Waals surface area (Å²) in [6, 6.07) is 17.0. The number of rotatable bonds is 9. The Morgan fingerprint density at radius 1 is 1.14 bits per heavy atom. The van der Waals surface area contributed by atoms with E-state index in [1.54, 1.807) is 12.3 Å². The molecule has 0 saturated carbocycles. The number of fused-ring (bicyclic) bond motifs is 2. The number of aromatic nitrogens is 3. The minimum Gasteiger partial charge on any atom is -0.473 e. The van der Waals surface area contributed by atoms with Crippen LogP contribution >= 0.6 is 11.6 Å². The van der Waals surface area contributed by atoms with Crippen molar-refractivity contribution in [2.24, 2.45) is 0 Å². The summed E-state index contributed by atoms with van der Waals surface area (Å²) in [5.41, 5.74) is 5.29. The number of carbonyl (C=O) groups is 1. The zero-order valence-corrected chi connectivity index (χ0v) is 24.5. The molecule has 1 saturated heterocycles. The first-order chi connectivity index (χ1) is 21.1. The molecule has 0 radical (unpaired) electrons. The van der Waals surface area contributed by atoms with Crippen LogP contribution in [0.25, 0.3) is 22.0 Å². The van der Waals surface area contributed by atoms with Gasteiger partial charge in [-0.3, -0.25) is 0 Å². The lowest BCUT2D eigenvalue weighted by Gasteiger charge is -2.29. The smallest absolute Gasteiger partial charge is 0.337 e. The van der Waals surface area contributed by atoms with Gasteiger partial charge in [-0.2, -0.15) is 4.98 Å². The molecule has 0 spiro atoms. The zero-order chi connectivity index (χ0) is 29.3. The quantitative estimate of drug-likeness (QED) is 0.143. The van der Waals surface area contributed by atoms with Gasteiger partial charge in [-0.1, -0.05) is 35.4 Å². The predicted molar refractivity (Wildman–Crippen MR) is 164 cm³/mol. The molecule has 2 aliphatic heterocycles. The fourth-order valence-corrected chi connectivity index (χ4v) is 5.89. The Morgan fingerprint density at radius 3 is 2.84 bits per heavy atom. The Hall–Kier alpha value is -4.34. The predicted octanol–water partition coefficient (Wildman–Crippen LogP) is 6.36. The van der Waals surface area contributed by atoms with E-state index in [2.05, 4.69) is 15.5 Å². The van der Waals surface area contributed by atoms with E-state index in [4.69, 9.17) is 40.2 Å². The van der Waals surface area contributed by atoms with E-state index in [-0.39, 0.29) is 12.1 Å².